The highest BCUT2D eigenvalue weighted by Crippen LogP contribution is 2.34. The summed E-state index contributed by atoms with van der Waals surface area (Å²) in [4.78, 5) is 5.59. The van der Waals surface area contributed by atoms with Crippen molar-refractivity contribution < 1.29 is 0 Å². The fraction of sp³-hybridized carbons (Fsp3) is 0.0714. The average molecular weight is 227 g/mol. The molecule has 1 aromatic heterocycles. The number of rotatable bonds is 4. The van der Waals surface area contributed by atoms with Gasteiger partial charge in [0.1, 0.15) is 0 Å². The van der Waals surface area contributed by atoms with Crippen LogP contribution < -0.4 is 0 Å². The Labute approximate surface area is 100 Å². The summed E-state index contributed by atoms with van der Waals surface area (Å²) in [6.45, 7) is 3.87. The van der Waals surface area contributed by atoms with Crippen molar-refractivity contribution in [2.45, 2.75) is 10.1 Å². The fourth-order valence-corrected chi connectivity index (χ4v) is 2.38. The molecular weight excluding hydrogens is 214 g/mol. The van der Waals surface area contributed by atoms with Crippen LogP contribution in [0.4, 0.5) is 0 Å². The molecule has 0 aliphatic heterocycles. The van der Waals surface area contributed by atoms with E-state index in [1.54, 1.807) is 11.8 Å². The van der Waals surface area contributed by atoms with Crippen LogP contribution in [0.3, 0.4) is 0 Å². The van der Waals surface area contributed by atoms with E-state index in [-0.39, 0.29) is 5.25 Å². The summed E-state index contributed by atoms with van der Waals surface area (Å²) in [6.07, 6.45) is 3.75. The molecule has 2 rings (SSSR count). The number of pyridine rings is 1. The molecular formula is C14H13NS. The molecule has 2 aromatic rings. The Balaban J connectivity index is 2.16. The van der Waals surface area contributed by atoms with Crippen LogP contribution in [0.2, 0.25) is 0 Å². The molecule has 1 unspecified atom stereocenters. The Kier molecular flexibility index (Phi) is 3.78. The fourth-order valence-electron chi connectivity index (χ4n) is 1.42. The molecule has 0 amide bonds. The van der Waals surface area contributed by atoms with Crippen molar-refractivity contribution in [2.75, 3.05) is 0 Å². The molecule has 0 spiro atoms. The molecule has 1 nitrogen and oxygen atoms in total. The van der Waals surface area contributed by atoms with Gasteiger partial charge in [-0.3, -0.25) is 4.98 Å². The monoisotopic (exact) mass is 227 g/mol. The van der Waals surface area contributed by atoms with Gasteiger partial charge in [0.2, 0.25) is 0 Å². The third kappa shape index (κ3) is 2.74. The maximum Gasteiger partial charge on any atom is 0.0694 e. The Bertz CT molecular complexity index is 439. The van der Waals surface area contributed by atoms with Crippen molar-refractivity contribution in [2.24, 2.45) is 0 Å². The molecule has 1 atom stereocenters. The van der Waals surface area contributed by atoms with Crippen molar-refractivity contribution in [1.29, 1.82) is 0 Å². The smallest absolute Gasteiger partial charge is 0.0694 e. The number of aromatic nitrogens is 1. The predicted octanol–water partition coefficient (Wildman–Crippen LogP) is 4.10. The second kappa shape index (κ2) is 5.52. The zero-order valence-electron chi connectivity index (χ0n) is 8.91. The second-order valence-corrected chi connectivity index (χ2v) is 4.56. The van der Waals surface area contributed by atoms with Crippen molar-refractivity contribution >= 4 is 11.8 Å². The third-order valence-electron chi connectivity index (χ3n) is 2.20. The largest absolute Gasteiger partial charge is 0.260 e. The van der Waals surface area contributed by atoms with Gasteiger partial charge in [-0.15, -0.1) is 18.3 Å². The lowest BCUT2D eigenvalue weighted by molar-refractivity contribution is 1.09. The van der Waals surface area contributed by atoms with E-state index in [1.165, 1.54) is 4.90 Å². The summed E-state index contributed by atoms with van der Waals surface area (Å²) in [6, 6.07) is 16.3. The summed E-state index contributed by atoms with van der Waals surface area (Å²) < 4.78 is 0. The third-order valence-corrected chi connectivity index (χ3v) is 3.43. The first-order valence-corrected chi connectivity index (χ1v) is 6.03. The highest BCUT2D eigenvalue weighted by Gasteiger charge is 2.09. The van der Waals surface area contributed by atoms with Crippen molar-refractivity contribution in [1.82, 2.24) is 4.98 Å². The summed E-state index contributed by atoms with van der Waals surface area (Å²) >= 11 is 1.76. The van der Waals surface area contributed by atoms with Crippen LogP contribution in [0.15, 0.2) is 72.3 Å². The average Bonchev–Trinajstić information content (AvgIpc) is 2.38. The van der Waals surface area contributed by atoms with E-state index in [1.807, 2.05) is 48.7 Å². The summed E-state index contributed by atoms with van der Waals surface area (Å²) in [5, 5.41) is 0.212. The van der Waals surface area contributed by atoms with Crippen LogP contribution in [-0.4, -0.2) is 4.98 Å². The Morgan fingerprint density at radius 1 is 1.06 bits per heavy atom. The molecule has 0 bridgehead atoms. The van der Waals surface area contributed by atoms with Gasteiger partial charge in [0.25, 0.3) is 0 Å². The van der Waals surface area contributed by atoms with E-state index in [2.05, 4.69) is 23.7 Å². The molecule has 0 aliphatic rings. The van der Waals surface area contributed by atoms with Gasteiger partial charge in [0.15, 0.2) is 0 Å². The van der Waals surface area contributed by atoms with Crippen LogP contribution in [0.25, 0.3) is 0 Å². The molecule has 0 N–H and O–H groups in total. The van der Waals surface area contributed by atoms with Crippen LogP contribution in [0, 0.1) is 0 Å². The Morgan fingerprint density at radius 3 is 2.44 bits per heavy atom. The standard InChI is InChI=1S/C14H13NS/c1-2-14(13-10-6-7-11-15-13)16-12-8-4-3-5-9-12/h2-11,14H,1H2. The van der Waals surface area contributed by atoms with Gasteiger partial charge in [0.05, 0.1) is 10.9 Å². The molecule has 1 aromatic carbocycles. The number of thioether (sulfide) groups is 1. The maximum absolute atomic E-state index is 4.35. The van der Waals surface area contributed by atoms with Crippen LogP contribution in [0.5, 0.6) is 0 Å². The molecule has 16 heavy (non-hydrogen) atoms. The highest BCUT2D eigenvalue weighted by molar-refractivity contribution is 7.99. The Morgan fingerprint density at radius 2 is 1.81 bits per heavy atom. The van der Waals surface area contributed by atoms with E-state index in [0.29, 0.717) is 0 Å². The van der Waals surface area contributed by atoms with Crippen molar-refractivity contribution in [3.63, 3.8) is 0 Å². The maximum atomic E-state index is 4.35. The quantitative estimate of drug-likeness (QED) is 0.576. The van der Waals surface area contributed by atoms with E-state index in [0.717, 1.165) is 5.69 Å². The normalized spacial score (nSPS) is 12.0. The lowest BCUT2D eigenvalue weighted by atomic mass is 10.3. The van der Waals surface area contributed by atoms with Gasteiger partial charge >= 0.3 is 0 Å². The van der Waals surface area contributed by atoms with Gasteiger partial charge in [-0.05, 0) is 24.3 Å². The zero-order valence-corrected chi connectivity index (χ0v) is 9.73. The van der Waals surface area contributed by atoms with Gasteiger partial charge in [0, 0.05) is 11.1 Å². The van der Waals surface area contributed by atoms with E-state index in [4.69, 9.17) is 0 Å². The minimum atomic E-state index is 0.212. The predicted molar refractivity (Wildman–Crippen MR) is 69.5 cm³/mol. The van der Waals surface area contributed by atoms with Crippen LogP contribution in [-0.2, 0) is 0 Å². The molecule has 0 aliphatic carbocycles. The number of hydrogen-bond acceptors (Lipinski definition) is 2. The molecule has 80 valence electrons. The van der Waals surface area contributed by atoms with Crippen molar-refractivity contribution in [3.05, 3.63) is 73.1 Å². The Hall–Kier alpha value is -1.54. The van der Waals surface area contributed by atoms with Gasteiger partial charge < -0.3 is 0 Å². The summed E-state index contributed by atoms with van der Waals surface area (Å²) in [5.41, 5.74) is 1.05. The van der Waals surface area contributed by atoms with Gasteiger partial charge in [-0.1, -0.05) is 30.3 Å². The first kappa shape index (κ1) is 11.0. The highest BCUT2D eigenvalue weighted by atomic mass is 32.2. The van der Waals surface area contributed by atoms with Crippen LogP contribution in [0.1, 0.15) is 10.9 Å². The first-order valence-electron chi connectivity index (χ1n) is 5.15. The number of benzene rings is 1. The second-order valence-electron chi connectivity index (χ2n) is 3.34. The molecule has 2 heteroatoms. The topological polar surface area (TPSA) is 12.9 Å². The van der Waals surface area contributed by atoms with E-state index < -0.39 is 0 Å². The summed E-state index contributed by atoms with van der Waals surface area (Å²) in [7, 11) is 0. The first-order chi connectivity index (χ1) is 7.90. The molecule has 0 saturated heterocycles. The van der Waals surface area contributed by atoms with E-state index >= 15 is 0 Å². The molecule has 1 heterocycles. The number of hydrogen-bond donors (Lipinski definition) is 0. The minimum absolute atomic E-state index is 0.212. The SMILES string of the molecule is C=CC(Sc1ccccc1)c1ccccn1. The lowest BCUT2D eigenvalue weighted by Crippen LogP contribution is -1.92. The minimum Gasteiger partial charge on any atom is -0.260 e. The molecule has 0 saturated carbocycles. The van der Waals surface area contributed by atoms with Crippen LogP contribution >= 0.6 is 11.8 Å². The van der Waals surface area contributed by atoms with Gasteiger partial charge in [-0.25, -0.2) is 0 Å². The lowest BCUT2D eigenvalue weighted by Gasteiger charge is -2.11. The van der Waals surface area contributed by atoms with E-state index in [9.17, 15) is 0 Å². The van der Waals surface area contributed by atoms with Gasteiger partial charge in [-0.2, -0.15) is 0 Å². The summed E-state index contributed by atoms with van der Waals surface area (Å²) in [5.74, 6) is 0. The zero-order chi connectivity index (χ0) is 11.2. The van der Waals surface area contributed by atoms with Crippen molar-refractivity contribution in [3.8, 4) is 0 Å². The number of nitrogens with zero attached hydrogens (tertiary/aromatic N) is 1. The molecule has 0 radical (unpaired) electrons. The molecule has 0 fully saturated rings.